The standard InChI is InChI=1S/C24H31NO/c1-18-6-8-20(9-7-18)10-11-21-12-13-22-14-15-25(17-23(22)16-21)19(2)26-24(3,4)5/h6-9,12-13,16H,2,10-11,14-15,17H2,1,3-5H3. The van der Waals surface area contributed by atoms with Crippen LogP contribution in [0.25, 0.3) is 0 Å². The van der Waals surface area contributed by atoms with Gasteiger partial charge in [0.25, 0.3) is 0 Å². The van der Waals surface area contributed by atoms with Gasteiger partial charge in [-0.05, 0) is 75.8 Å². The molecule has 0 saturated carbocycles. The van der Waals surface area contributed by atoms with Crippen molar-refractivity contribution in [1.82, 2.24) is 4.90 Å². The molecular formula is C24H31NO. The summed E-state index contributed by atoms with van der Waals surface area (Å²) in [7, 11) is 0. The molecule has 138 valence electrons. The maximum absolute atomic E-state index is 5.97. The predicted molar refractivity (Wildman–Crippen MR) is 109 cm³/mol. The molecule has 1 heterocycles. The van der Waals surface area contributed by atoms with E-state index in [1.807, 2.05) is 0 Å². The van der Waals surface area contributed by atoms with Crippen LogP contribution < -0.4 is 0 Å². The molecule has 0 bridgehead atoms. The molecule has 1 aliphatic heterocycles. The third kappa shape index (κ3) is 4.91. The molecule has 0 spiro atoms. The lowest BCUT2D eigenvalue weighted by atomic mass is 9.95. The molecule has 2 aromatic rings. The van der Waals surface area contributed by atoms with Crippen molar-refractivity contribution in [2.75, 3.05) is 6.54 Å². The minimum atomic E-state index is -0.201. The molecule has 0 aliphatic carbocycles. The number of fused-ring (bicyclic) bond motifs is 1. The lowest BCUT2D eigenvalue weighted by Crippen LogP contribution is -2.33. The average molecular weight is 350 g/mol. The van der Waals surface area contributed by atoms with E-state index >= 15 is 0 Å². The van der Waals surface area contributed by atoms with E-state index in [1.165, 1.54) is 27.8 Å². The van der Waals surface area contributed by atoms with Gasteiger partial charge in [0.15, 0.2) is 5.88 Å². The van der Waals surface area contributed by atoms with Crippen LogP contribution in [-0.4, -0.2) is 17.0 Å². The molecule has 2 aromatic carbocycles. The summed E-state index contributed by atoms with van der Waals surface area (Å²) in [6.45, 7) is 14.4. The second-order valence-electron chi connectivity index (χ2n) is 8.37. The third-order valence-electron chi connectivity index (χ3n) is 4.88. The maximum Gasteiger partial charge on any atom is 0.182 e. The van der Waals surface area contributed by atoms with Crippen molar-refractivity contribution in [3.63, 3.8) is 0 Å². The first-order valence-corrected chi connectivity index (χ1v) is 9.59. The first-order valence-electron chi connectivity index (χ1n) is 9.59. The number of nitrogens with zero attached hydrogens (tertiary/aromatic N) is 1. The molecule has 0 radical (unpaired) electrons. The Balaban J connectivity index is 1.65. The highest BCUT2D eigenvalue weighted by Crippen LogP contribution is 2.25. The number of ether oxygens (including phenoxy) is 1. The van der Waals surface area contributed by atoms with Crippen LogP contribution in [0, 0.1) is 6.92 Å². The summed E-state index contributed by atoms with van der Waals surface area (Å²) < 4.78 is 5.97. The Hall–Kier alpha value is -2.22. The fraction of sp³-hybridized carbons (Fsp3) is 0.417. The zero-order valence-electron chi connectivity index (χ0n) is 16.6. The summed E-state index contributed by atoms with van der Waals surface area (Å²) in [5.41, 5.74) is 6.81. The molecule has 0 aromatic heterocycles. The molecule has 0 saturated heterocycles. The Morgan fingerprint density at radius 1 is 1.00 bits per heavy atom. The lowest BCUT2D eigenvalue weighted by molar-refractivity contribution is -0.000689. The second-order valence-corrected chi connectivity index (χ2v) is 8.37. The van der Waals surface area contributed by atoms with E-state index in [4.69, 9.17) is 4.74 Å². The Bertz CT molecular complexity index is 768. The van der Waals surface area contributed by atoms with Gasteiger partial charge in [-0.15, -0.1) is 0 Å². The highest BCUT2D eigenvalue weighted by atomic mass is 16.5. The summed E-state index contributed by atoms with van der Waals surface area (Å²) >= 11 is 0. The number of aryl methyl sites for hydroxylation is 3. The smallest absolute Gasteiger partial charge is 0.182 e. The molecule has 0 atom stereocenters. The van der Waals surface area contributed by atoms with E-state index in [0.717, 1.165) is 38.2 Å². The van der Waals surface area contributed by atoms with Crippen LogP contribution in [-0.2, 0) is 30.5 Å². The summed E-state index contributed by atoms with van der Waals surface area (Å²) in [5.74, 6) is 0.785. The van der Waals surface area contributed by atoms with Crippen LogP contribution in [0.1, 0.15) is 48.6 Å². The van der Waals surface area contributed by atoms with Crippen molar-refractivity contribution < 1.29 is 4.74 Å². The van der Waals surface area contributed by atoms with Crippen molar-refractivity contribution in [2.24, 2.45) is 0 Å². The largest absolute Gasteiger partial charge is 0.474 e. The molecule has 0 N–H and O–H groups in total. The van der Waals surface area contributed by atoms with Gasteiger partial charge in [0, 0.05) is 13.1 Å². The second kappa shape index (κ2) is 7.57. The molecule has 0 amide bonds. The quantitative estimate of drug-likeness (QED) is 0.668. The van der Waals surface area contributed by atoms with Crippen LogP contribution in [0.2, 0.25) is 0 Å². The lowest BCUT2D eigenvalue weighted by Gasteiger charge is -2.35. The van der Waals surface area contributed by atoms with Crippen LogP contribution >= 0.6 is 0 Å². The van der Waals surface area contributed by atoms with Crippen LogP contribution in [0.4, 0.5) is 0 Å². The minimum absolute atomic E-state index is 0.201. The fourth-order valence-electron chi connectivity index (χ4n) is 3.44. The SMILES string of the molecule is C=C(OC(C)(C)C)N1CCc2ccc(CCc3ccc(C)cc3)cc2C1. The van der Waals surface area contributed by atoms with Crippen molar-refractivity contribution >= 4 is 0 Å². The normalized spacial score (nSPS) is 14.1. The van der Waals surface area contributed by atoms with E-state index in [9.17, 15) is 0 Å². The number of hydrogen-bond acceptors (Lipinski definition) is 2. The fourth-order valence-corrected chi connectivity index (χ4v) is 3.44. The van der Waals surface area contributed by atoms with Gasteiger partial charge in [0.2, 0.25) is 0 Å². The summed E-state index contributed by atoms with van der Waals surface area (Å²) in [4.78, 5) is 2.26. The molecular weight excluding hydrogens is 318 g/mol. The molecule has 2 heteroatoms. The van der Waals surface area contributed by atoms with Crippen LogP contribution in [0.15, 0.2) is 54.9 Å². The van der Waals surface area contributed by atoms with E-state index in [-0.39, 0.29) is 5.60 Å². The van der Waals surface area contributed by atoms with Crippen LogP contribution in [0.5, 0.6) is 0 Å². The first-order chi connectivity index (χ1) is 12.3. The number of hydrogen-bond donors (Lipinski definition) is 0. The Kier molecular flexibility index (Phi) is 5.41. The topological polar surface area (TPSA) is 12.5 Å². The highest BCUT2D eigenvalue weighted by Gasteiger charge is 2.21. The summed E-state index contributed by atoms with van der Waals surface area (Å²) in [6.07, 6.45) is 3.22. The molecule has 26 heavy (non-hydrogen) atoms. The minimum Gasteiger partial charge on any atom is -0.474 e. The molecule has 1 aliphatic rings. The summed E-state index contributed by atoms with van der Waals surface area (Å²) in [5, 5.41) is 0. The van der Waals surface area contributed by atoms with Gasteiger partial charge in [0.1, 0.15) is 5.60 Å². The van der Waals surface area contributed by atoms with E-state index < -0.39 is 0 Å². The van der Waals surface area contributed by atoms with Gasteiger partial charge in [-0.2, -0.15) is 0 Å². The van der Waals surface area contributed by atoms with E-state index in [0.29, 0.717) is 0 Å². The van der Waals surface area contributed by atoms with Gasteiger partial charge < -0.3 is 9.64 Å². The number of rotatable bonds is 5. The predicted octanol–water partition coefficient (Wildman–Crippen LogP) is 5.42. The molecule has 0 unspecified atom stereocenters. The Labute approximate surface area is 158 Å². The van der Waals surface area contributed by atoms with Gasteiger partial charge in [-0.3, -0.25) is 0 Å². The van der Waals surface area contributed by atoms with Crippen molar-refractivity contribution in [2.45, 2.75) is 59.1 Å². The van der Waals surface area contributed by atoms with Gasteiger partial charge in [0.05, 0.1) is 0 Å². The molecule has 2 nitrogen and oxygen atoms in total. The zero-order chi connectivity index (χ0) is 18.7. The Morgan fingerprint density at radius 3 is 2.35 bits per heavy atom. The van der Waals surface area contributed by atoms with Gasteiger partial charge in [-0.1, -0.05) is 48.0 Å². The van der Waals surface area contributed by atoms with E-state index in [2.05, 4.69) is 81.6 Å². The van der Waals surface area contributed by atoms with E-state index in [1.54, 1.807) is 0 Å². The maximum atomic E-state index is 5.97. The van der Waals surface area contributed by atoms with Crippen molar-refractivity contribution in [3.05, 3.63) is 82.7 Å². The monoisotopic (exact) mass is 349 g/mol. The van der Waals surface area contributed by atoms with Crippen LogP contribution in [0.3, 0.4) is 0 Å². The first kappa shape index (κ1) is 18.6. The highest BCUT2D eigenvalue weighted by molar-refractivity contribution is 5.35. The third-order valence-corrected chi connectivity index (χ3v) is 4.88. The zero-order valence-corrected chi connectivity index (χ0v) is 16.6. The van der Waals surface area contributed by atoms with Crippen molar-refractivity contribution in [1.29, 1.82) is 0 Å². The molecule has 3 rings (SSSR count). The summed E-state index contributed by atoms with van der Waals surface area (Å²) in [6, 6.07) is 15.8. The average Bonchev–Trinajstić information content (AvgIpc) is 2.59. The molecule has 0 fully saturated rings. The Morgan fingerprint density at radius 2 is 1.65 bits per heavy atom. The van der Waals surface area contributed by atoms with Gasteiger partial charge >= 0.3 is 0 Å². The van der Waals surface area contributed by atoms with Crippen molar-refractivity contribution in [3.8, 4) is 0 Å². The number of benzene rings is 2. The van der Waals surface area contributed by atoms with Gasteiger partial charge in [-0.25, -0.2) is 0 Å².